The first-order valence-corrected chi connectivity index (χ1v) is 14.8. The minimum Gasteiger partial charge on any atom is -0.451 e. The molecule has 2 spiro atoms. The fraction of sp³-hybridized carbons (Fsp3) is 0.731. The summed E-state index contributed by atoms with van der Waals surface area (Å²) in [4.78, 5) is 16.2. The zero-order valence-corrected chi connectivity index (χ0v) is 23.4. The van der Waals surface area contributed by atoms with Gasteiger partial charge in [-0.05, 0) is 50.4 Å². The van der Waals surface area contributed by atoms with Gasteiger partial charge in [0.1, 0.15) is 28.6 Å². The van der Waals surface area contributed by atoms with Crippen molar-refractivity contribution < 1.29 is 48.3 Å². The number of aromatic nitrogens is 1. The fourth-order valence-electron chi connectivity index (χ4n) is 10.0. The van der Waals surface area contributed by atoms with E-state index in [1.807, 2.05) is 0 Å². The topological polar surface area (TPSA) is 180 Å². The Hall–Kier alpha value is -1.60. The zero-order chi connectivity index (χ0) is 28.4. The highest BCUT2D eigenvalue weighted by molar-refractivity contribution is 7.51. The van der Waals surface area contributed by atoms with Gasteiger partial charge in [-0.25, -0.2) is 14.4 Å². The molecule has 39 heavy (non-hydrogen) atoms. The molecule has 214 valence electrons. The second-order valence-corrected chi connectivity index (χ2v) is 14.7. The van der Waals surface area contributed by atoms with Crippen molar-refractivity contribution in [2.24, 2.45) is 16.7 Å². The van der Waals surface area contributed by atoms with Gasteiger partial charge in [-0.2, -0.15) is 0 Å². The quantitative estimate of drug-likeness (QED) is 0.175. The van der Waals surface area contributed by atoms with Crippen molar-refractivity contribution >= 4 is 13.7 Å². The third kappa shape index (κ3) is 2.04. The molecule has 0 amide bonds. The average molecular weight is 567 g/mol. The number of carbonyl (C=O) groups is 1. The van der Waals surface area contributed by atoms with Crippen LogP contribution in [0.1, 0.15) is 57.4 Å². The van der Waals surface area contributed by atoms with E-state index in [1.54, 1.807) is 26.8 Å². The van der Waals surface area contributed by atoms with Crippen molar-refractivity contribution in [3.63, 3.8) is 0 Å². The molecule has 6 N–H and O–H groups in total. The van der Waals surface area contributed by atoms with Gasteiger partial charge in [0.2, 0.25) is 0 Å². The molecule has 7 aliphatic rings. The number of rotatable bonds is 4. The van der Waals surface area contributed by atoms with Crippen molar-refractivity contribution in [1.29, 1.82) is 0 Å². The molecule has 11 atom stereocenters. The smallest absolute Gasteiger partial charge is 0.406 e. The van der Waals surface area contributed by atoms with Gasteiger partial charge in [0.05, 0.1) is 5.41 Å². The van der Waals surface area contributed by atoms with Crippen molar-refractivity contribution in [3.8, 4) is 0 Å². The summed E-state index contributed by atoms with van der Waals surface area (Å²) in [5.41, 5.74) is -14.1. The third-order valence-electron chi connectivity index (χ3n) is 11.7. The molecule has 0 aromatic carbocycles. The van der Waals surface area contributed by atoms with Gasteiger partial charge in [-0.15, -0.1) is 0 Å². The third-order valence-corrected chi connectivity index (χ3v) is 13.2. The second-order valence-electron chi connectivity index (χ2n) is 12.9. The standard InChI is InChI=1S/C26H35N2O10P/c1-13(2)23(32)18(35-17(29)15-8-7-11-28-15)24(33)19(4)12-22(31)20(23,5)26(24)25(37-22)16(36-39(34,27-6)38-26)14(3)9-10-21(19,25)30/h7-8,11,13,16,18,28,30-33H,3,9-10,12H2,1-2,4-6H3,(H,27,34)/t16-,18-,19+,20+,21+,22+,23-,24-,25-,26-,39?/m1/s1. The van der Waals surface area contributed by atoms with E-state index in [-0.39, 0.29) is 25.0 Å². The van der Waals surface area contributed by atoms with E-state index in [0.29, 0.717) is 5.57 Å². The van der Waals surface area contributed by atoms with E-state index in [1.165, 1.54) is 26.2 Å². The van der Waals surface area contributed by atoms with Crippen molar-refractivity contribution in [2.75, 3.05) is 7.05 Å². The normalized spacial score (nSPS) is 58.3. The molecule has 12 nitrogen and oxygen atoms in total. The predicted molar refractivity (Wildman–Crippen MR) is 133 cm³/mol. The molecular formula is C26H35N2O10P. The zero-order valence-electron chi connectivity index (χ0n) is 22.5. The number of H-pyrrole nitrogens is 1. The second kappa shape index (κ2) is 6.72. The number of hydrogen-bond acceptors (Lipinski definition) is 10. The van der Waals surface area contributed by atoms with Crippen LogP contribution in [0.15, 0.2) is 30.5 Å². The van der Waals surface area contributed by atoms with Gasteiger partial charge in [0.15, 0.2) is 23.1 Å². The molecule has 1 aromatic heterocycles. The molecule has 4 aliphatic carbocycles. The fourth-order valence-corrected chi connectivity index (χ4v) is 11.7. The van der Waals surface area contributed by atoms with Crippen LogP contribution in [0.3, 0.4) is 0 Å². The van der Waals surface area contributed by atoms with Crippen LogP contribution in [0, 0.1) is 16.7 Å². The van der Waals surface area contributed by atoms with Gasteiger partial charge in [-0.3, -0.25) is 9.05 Å². The van der Waals surface area contributed by atoms with E-state index in [0.717, 1.165) is 0 Å². The van der Waals surface area contributed by atoms with Crippen LogP contribution in [0.4, 0.5) is 0 Å². The Balaban J connectivity index is 1.62. The lowest BCUT2D eigenvalue weighted by Crippen LogP contribution is -2.77. The van der Waals surface area contributed by atoms with Crippen LogP contribution >= 0.6 is 7.75 Å². The van der Waals surface area contributed by atoms with Gasteiger partial charge < -0.3 is 34.9 Å². The molecule has 0 radical (unpaired) electrons. The number of carbonyl (C=O) groups excluding carboxylic acids is 1. The summed E-state index contributed by atoms with van der Waals surface area (Å²) in [6.45, 7) is 10.5. The molecule has 7 fully saturated rings. The molecule has 1 aromatic rings. The van der Waals surface area contributed by atoms with E-state index >= 15 is 0 Å². The van der Waals surface area contributed by atoms with Crippen LogP contribution in [0.5, 0.6) is 0 Å². The molecule has 1 unspecified atom stereocenters. The van der Waals surface area contributed by atoms with Crippen LogP contribution < -0.4 is 5.09 Å². The summed E-state index contributed by atoms with van der Waals surface area (Å²) in [5, 5.41) is 53.9. The Bertz CT molecular complexity index is 1390. The number of aromatic amines is 1. The Morgan fingerprint density at radius 2 is 1.97 bits per heavy atom. The highest BCUT2D eigenvalue weighted by atomic mass is 31.2. The van der Waals surface area contributed by atoms with Crippen molar-refractivity contribution in [3.05, 3.63) is 36.2 Å². The number of ether oxygens (including phenoxy) is 2. The summed E-state index contributed by atoms with van der Waals surface area (Å²) >= 11 is 0. The summed E-state index contributed by atoms with van der Waals surface area (Å²) in [6, 6.07) is 3.08. The SMILES string of the molecule is C=C1CC[C@]2(O)[C@]3(C)C[C@]4(O)O[C@]25[C@@H]1OP(=O)(NC)O[C@]51[C@@]3(O)[C@H](OC(=O)c2ccc[nH]2)[C@](O)(C(C)C)[C@@]14C. The maximum Gasteiger partial charge on any atom is 0.406 e. The molecule has 6 bridgehead atoms. The van der Waals surface area contributed by atoms with Crippen LogP contribution in [-0.2, 0) is 23.1 Å². The Morgan fingerprint density at radius 1 is 1.28 bits per heavy atom. The maximum atomic E-state index is 14.1. The highest BCUT2D eigenvalue weighted by Gasteiger charge is 3.12. The van der Waals surface area contributed by atoms with Crippen LogP contribution in [0.2, 0.25) is 0 Å². The largest absolute Gasteiger partial charge is 0.451 e. The Labute approximate surface area is 225 Å². The molecule has 4 heterocycles. The Kier molecular flexibility index (Phi) is 4.53. The van der Waals surface area contributed by atoms with Crippen LogP contribution in [0.25, 0.3) is 0 Å². The van der Waals surface area contributed by atoms with Crippen LogP contribution in [-0.4, -0.2) is 84.4 Å². The average Bonchev–Trinajstić information content (AvgIpc) is 3.50. The summed E-state index contributed by atoms with van der Waals surface area (Å²) in [5.74, 6) is -3.86. The number of hydrogen-bond donors (Lipinski definition) is 6. The first-order chi connectivity index (χ1) is 18.0. The summed E-state index contributed by atoms with van der Waals surface area (Å²) < 4.78 is 39.1. The first-order valence-electron chi connectivity index (χ1n) is 13.3. The molecule has 3 saturated heterocycles. The molecule has 13 heteroatoms. The predicted octanol–water partition coefficient (Wildman–Crippen LogP) is 1.12. The van der Waals surface area contributed by atoms with E-state index < -0.39 is 76.5 Å². The van der Waals surface area contributed by atoms with Gasteiger partial charge in [0, 0.05) is 18.0 Å². The van der Waals surface area contributed by atoms with Gasteiger partial charge in [0.25, 0.3) is 0 Å². The monoisotopic (exact) mass is 566 g/mol. The van der Waals surface area contributed by atoms with Gasteiger partial charge in [-0.1, -0.05) is 27.4 Å². The number of aliphatic hydroxyl groups is 4. The van der Waals surface area contributed by atoms with Crippen molar-refractivity contribution in [1.82, 2.24) is 10.1 Å². The van der Waals surface area contributed by atoms with E-state index in [2.05, 4.69) is 16.7 Å². The lowest BCUT2D eigenvalue weighted by molar-refractivity contribution is -0.381. The van der Waals surface area contributed by atoms with E-state index in [9.17, 15) is 29.8 Å². The minimum absolute atomic E-state index is 0.0447. The minimum atomic E-state index is -4.29. The molecule has 8 rings (SSSR count). The summed E-state index contributed by atoms with van der Waals surface area (Å²) in [6.07, 6.45) is -1.56. The lowest BCUT2D eigenvalue weighted by Gasteiger charge is -2.60. The maximum absolute atomic E-state index is 14.1. The number of nitrogens with one attached hydrogen (secondary N) is 2. The van der Waals surface area contributed by atoms with Gasteiger partial charge >= 0.3 is 13.7 Å². The van der Waals surface area contributed by atoms with Crippen molar-refractivity contribution in [2.45, 2.75) is 93.0 Å². The highest BCUT2D eigenvalue weighted by Crippen LogP contribution is 2.94. The number of esters is 1. The lowest BCUT2D eigenvalue weighted by atomic mass is 9.52. The Morgan fingerprint density at radius 3 is 2.56 bits per heavy atom. The summed E-state index contributed by atoms with van der Waals surface area (Å²) in [7, 11) is -2.94. The molecule has 4 saturated carbocycles. The molecule has 3 aliphatic heterocycles. The van der Waals surface area contributed by atoms with E-state index in [4.69, 9.17) is 18.5 Å². The first kappa shape index (κ1) is 26.3. The molecular weight excluding hydrogens is 531 g/mol.